The van der Waals surface area contributed by atoms with Gasteiger partial charge in [0, 0.05) is 6.54 Å². The number of fused-ring (bicyclic) bond motifs is 3. The molecule has 2 aromatic carbocycles. The molecule has 0 aliphatic rings. The number of nitrogens with zero attached hydrogens (tertiary/aromatic N) is 4. The fourth-order valence-corrected chi connectivity index (χ4v) is 4.11. The number of para-hydroxylation sites is 1. The first kappa shape index (κ1) is 16.0. The predicted octanol–water partition coefficient (Wildman–Crippen LogP) is 4.02. The Balaban J connectivity index is 1.74. The summed E-state index contributed by atoms with van der Waals surface area (Å²) in [5.41, 5.74) is 2.00. The van der Waals surface area contributed by atoms with E-state index in [1.54, 1.807) is 15.9 Å². The van der Waals surface area contributed by atoms with Crippen LogP contribution < -0.4 is 5.56 Å². The van der Waals surface area contributed by atoms with Crippen LogP contribution in [0.25, 0.3) is 27.4 Å². The molecule has 132 valence electrons. The average molecular weight is 372 g/mol. The number of hydrogen-bond acceptors (Lipinski definition) is 4. The molecule has 0 saturated heterocycles. The maximum Gasteiger partial charge on any atom is 0.262 e. The minimum absolute atomic E-state index is 0.0286. The minimum atomic E-state index is -0.0286. The van der Waals surface area contributed by atoms with Crippen LogP contribution in [0.1, 0.15) is 5.56 Å². The summed E-state index contributed by atoms with van der Waals surface area (Å²) in [6.45, 7) is 0.555. The summed E-state index contributed by atoms with van der Waals surface area (Å²) in [5.74, 6) is 1.35. The fraction of sp³-hybridized carbons (Fsp3) is 0.0952. The summed E-state index contributed by atoms with van der Waals surface area (Å²) in [6, 6.07) is 21.8. The first-order chi connectivity index (χ1) is 13.3. The van der Waals surface area contributed by atoms with Crippen LogP contribution in [0.4, 0.5) is 0 Å². The van der Waals surface area contributed by atoms with Crippen LogP contribution in [0.5, 0.6) is 0 Å². The second-order valence-electron chi connectivity index (χ2n) is 6.35. The van der Waals surface area contributed by atoms with Gasteiger partial charge in [0.2, 0.25) is 5.78 Å². The van der Waals surface area contributed by atoms with Crippen molar-refractivity contribution in [3.63, 3.8) is 0 Å². The van der Waals surface area contributed by atoms with Crippen molar-refractivity contribution in [3.8, 4) is 10.7 Å². The highest BCUT2D eigenvalue weighted by Gasteiger charge is 2.17. The van der Waals surface area contributed by atoms with E-state index in [1.165, 1.54) is 5.56 Å². The van der Waals surface area contributed by atoms with Gasteiger partial charge in [-0.15, -0.1) is 21.5 Å². The molecular formula is C21H16N4OS. The Morgan fingerprint density at radius 2 is 1.70 bits per heavy atom. The lowest BCUT2D eigenvalue weighted by atomic mass is 10.1. The molecular weight excluding hydrogens is 356 g/mol. The lowest BCUT2D eigenvalue weighted by Gasteiger charge is -2.11. The molecule has 0 saturated carbocycles. The van der Waals surface area contributed by atoms with Crippen LogP contribution in [0.2, 0.25) is 0 Å². The number of aromatic nitrogens is 4. The van der Waals surface area contributed by atoms with E-state index in [1.807, 2.05) is 64.4 Å². The van der Waals surface area contributed by atoms with Gasteiger partial charge in [-0.1, -0.05) is 48.5 Å². The van der Waals surface area contributed by atoms with Crippen molar-refractivity contribution < 1.29 is 0 Å². The predicted molar refractivity (Wildman–Crippen MR) is 108 cm³/mol. The van der Waals surface area contributed by atoms with Crippen molar-refractivity contribution >= 4 is 28.0 Å². The van der Waals surface area contributed by atoms with Gasteiger partial charge >= 0.3 is 0 Å². The van der Waals surface area contributed by atoms with Crippen LogP contribution in [0.15, 0.2) is 76.9 Å². The Labute approximate surface area is 159 Å². The third-order valence-corrected chi connectivity index (χ3v) is 5.58. The van der Waals surface area contributed by atoms with Crippen molar-refractivity contribution in [2.24, 2.45) is 0 Å². The highest BCUT2D eigenvalue weighted by Crippen LogP contribution is 2.26. The third kappa shape index (κ3) is 2.65. The molecule has 0 fully saturated rings. The molecule has 5 aromatic rings. The van der Waals surface area contributed by atoms with E-state index < -0.39 is 0 Å². The standard InChI is InChI=1S/C21H16N4OS/c26-20-16-9-4-5-10-17(16)25-19(18-11-6-14-27-18)22-23-21(25)24(20)13-12-15-7-2-1-3-8-15/h1-11,14H,12-13H2. The number of rotatable bonds is 4. The zero-order valence-corrected chi connectivity index (χ0v) is 15.3. The normalized spacial score (nSPS) is 11.4. The molecule has 3 aromatic heterocycles. The minimum Gasteiger partial charge on any atom is -0.276 e. The smallest absolute Gasteiger partial charge is 0.262 e. The summed E-state index contributed by atoms with van der Waals surface area (Å²) >= 11 is 1.61. The molecule has 0 unspecified atom stereocenters. The zero-order valence-electron chi connectivity index (χ0n) is 14.4. The molecule has 0 atom stereocenters. The topological polar surface area (TPSA) is 52.2 Å². The molecule has 0 bridgehead atoms. The molecule has 0 aliphatic carbocycles. The summed E-state index contributed by atoms with van der Waals surface area (Å²) in [6.07, 6.45) is 0.760. The molecule has 0 N–H and O–H groups in total. The van der Waals surface area contributed by atoms with Gasteiger partial charge in [-0.2, -0.15) is 0 Å². The highest BCUT2D eigenvalue weighted by atomic mass is 32.1. The maximum atomic E-state index is 13.1. The highest BCUT2D eigenvalue weighted by molar-refractivity contribution is 7.13. The molecule has 3 heterocycles. The Hall–Kier alpha value is -3.25. The maximum absolute atomic E-state index is 13.1. The van der Waals surface area contributed by atoms with E-state index in [-0.39, 0.29) is 5.56 Å². The lowest BCUT2D eigenvalue weighted by molar-refractivity contribution is 0.679. The largest absolute Gasteiger partial charge is 0.276 e. The molecule has 0 aliphatic heterocycles. The van der Waals surface area contributed by atoms with Crippen molar-refractivity contribution in [2.75, 3.05) is 0 Å². The lowest BCUT2D eigenvalue weighted by Crippen LogP contribution is -2.24. The van der Waals surface area contributed by atoms with E-state index in [4.69, 9.17) is 0 Å². The molecule has 0 spiro atoms. The van der Waals surface area contributed by atoms with Gasteiger partial charge in [0.25, 0.3) is 5.56 Å². The quantitative estimate of drug-likeness (QED) is 0.479. The van der Waals surface area contributed by atoms with E-state index in [0.717, 1.165) is 22.6 Å². The summed E-state index contributed by atoms with van der Waals surface area (Å²) in [4.78, 5) is 14.2. The SMILES string of the molecule is O=c1c2ccccc2n2c(-c3cccs3)nnc2n1CCc1ccccc1. The van der Waals surface area contributed by atoms with Crippen molar-refractivity contribution in [2.45, 2.75) is 13.0 Å². The molecule has 5 nitrogen and oxygen atoms in total. The molecule has 27 heavy (non-hydrogen) atoms. The number of benzene rings is 2. The van der Waals surface area contributed by atoms with Crippen LogP contribution >= 0.6 is 11.3 Å². The van der Waals surface area contributed by atoms with Gasteiger partial charge in [0.15, 0.2) is 5.82 Å². The molecule has 0 amide bonds. The Morgan fingerprint density at radius 1 is 0.889 bits per heavy atom. The Kier molecular flexibility index (Phi) is 3.83. The van der Waals surface area contributed by atoms with Gasteiger partial charge < -0.3 is 0 Å². The van der Waals surface area contributed by atoms with E-state index in [9.17, 15) is 4.79 Å². The Bertz CT molecular complexity index is 1290. The van der Waals surface area contributed by atoms with Gasteiger partial charge in [-0.3, -0.25) is 13.8 Å². The van der Waals surface area contributed by atoms with Crippen LogP contribution in [-0.2, 0) is 13.0 Å². The number of hydrogen-bond donors (Lipinski definition) is 0. The van der Waals surface area contributed by atoms with E-state index in [0.29, 0.717) is 17.7 Å². The molecule has 6 heteroatoms. The van der Waals surface area contributed by atoms with Gasteiger partial charge in [-0.25, -0.2) is 0 Å². The second-order valence-corrected chi connectivity index (χ2v) is 7.29. The van der Waals surface area contributed by atoms with Gasteiger partial charge in [0.1, 0.15) is 0 Å². The second kappa shape index (κ2) is 6.48. The third-order valence-electron chi connectivity index (χ3n) is 4.72. The first-order valence-electron chi connectivity index (χ1n) is 8.77. The zero-order chi connectivity index (χ0) is 18.2. The van der Waals surface area contributed by atoms with Crippen LogP contribution in [-0.4, -0.2) is 19.2 Å². The van der Waals surface area contributed by atoms with E-state index in [2.05, 4.69) is 22.3 Å². The Morgan fingerprint density at radius 3 is 2.52 bits per heavy atom. The number of aryl methyl sites for hydroxylation is 2. The fourth-order valence-electron chi connectivity index (χ4n) is 3.41. The van der Waals surface area contributed by atoms with Crippen molar-refractivity contribution in [1.82, 2.24) is 19.2 Å². The summed E-state index contributed by atoms with van der Waals surface area (Å²) in [7, 11) is 0. The monoisotopic (exact) mass is 372 g/mol. The van der Waals surface area contributed by atoms with Gasteiger partial charge in [0.05, 0.1) is 15.8 Å². The first-order valence-corrected chi connectivity index (χ1v) is 9.65. The van der Waals surface area contributed by atoms with Crippen LogP contribution in [0.3, 0.4) is 0 Å². The molecule has 5 rings (SSSR count). The number of thiophene rings is 1. The summed E-state index contributed by atoms with van der Waals surface area (Å²) in [5, 5.41) is 11.5. The summed E-state index contributed by atoms with van der Waals surface area (Å²) < 4.78 is 3.73. The van der Waals surface area contributed by atoms with Gasteiger partial charge in [-0.05, 0) is 35.6 Å². The van der Waals surface area contributed by atoms with Crippen molar-refractivity contribution in [3.05, 3.63) is 88.0 Å². The van der Waals surface area contributed by atoms with Crippen molar-refractivity contribution in [1.29, 1.82) is 0 Å². The average Bonchev–Trinajstić information content (AvgIpc) is 3.38. The van der Waals surface area contributed by atoms with E-state index >= 15 is 0 Å². The molecule has 0 radical (unpaired) electrons. The van der Waals surface area contributed by atoms with Crippen LogP contribution in [0, 0.1) is 0 Å².